The molecule has 3 nitrogen and oxygen atoms in total. The summed E-state index contributed by atoms with van der Waals surface area (Å²) in [6, 6.07) is 6.16. The first-order valence-electron chi connectivity index (χ1n) is 6.97. The summed E-state index contributed by atoms with van der Waals surface area (Å²) in [4.78, 5) is 4.38. The van der Waals surface area contributed by atoms with Crippen LogP contribution in [0.3, 0.4) is 0 Å². The van der Waals surface area contributed by atoms with E-state index < -0.39 is 11.9 Å². The highest BCUT2D eigenvalue weighted by molar-refractivity contribution is 6.31. The molecule has 0 aromatic heterocycles. The molecule has 0 radical (unpaired) electrons. The highest BCUT2D eigenvalue weighted by Gasteiger charge is 2.28. The van der Waals surface area contributed by atoms with E-state index in [2.05, 4.69) is 17.9 Å². The molecule has 108 valence electrons. The van der Waals surface area contributed by atoms with Crippen molar-refractivity contribution in [3.8, 4) is 6.07 Å². The van der Waals surface area contributed by atoms with Crippen LogP contribution >= 0.6 is 11.6 Å². The van der Waals surface area contributed by atoms with Crippen LogP contribution in [0.25, 0.3) is 0 Å². The Balaban J connectivity index is 2.13. The van der Waals surface area contributed by atoms with Crippen molar-refractivity contribution < 1.29 is 4.39 Å². The maximum Gasteiger partial charge on any atom is 0.130 e. The Labute approximate surface area is 124 Å². The van der Waals surface area contributed by atoms with Gasteiger partial charge in [-0.3, -0.25) is 4.90 Å². The third-order valence-electron chi connectivity index (χ3n) is 3.71. The molecule has 1 saturated heterocycles. The van der Waals surface area contributed by atoms with Crippen molar-refractivity contribution in [2.45, 2.75) is 19.4 Å². The van der Waals surface area contributed by atoms with Crippen molar-refractivity contribution >= 4 is 11.6 Å². The van der Waals surface area contributed by atoms with Crippen LogP contribution in [0.4, 0.5) is 4.39 Å². The number of halogens is 2. The number of nitrogens with zero attached hydrogens (tertiary/aromatic N) is 3. The van der Waals surface area contributed by atoms with E-state index in [9.17, 15) is 9.65 Å². The van der Waals surface area contributed by atoms with Crippen molar-refractivity contribution in [1.82, 2.24) is 9.80 Å². The van der Waals surface area contributed by atoms with Gasteiger partial charge in [-0.25, -0.2) is 4.39 Å². The number of hydrogen-bond donors (Lipinski definition) is 0. The zero-order chi connectivity index (χ0) is 14.5. The number of nitriles is 1. The van der Waals surface area contributed by atoms with Gasteiger partial charge >= 0.3 is 0 Å². The Morgan fingerprint density at radius 3 is 2.60 bits per heavy atom. The summed E-state index contributed by atoms with van der Waals surface area (Å²) in [5, 5.41) is 9.75. The van der Waals surface area contributed by atoms with Gasteiger partial charge in [-0.05, 0) is 25.1 Å². The molecule has 0 aliphatic carbocycles. The molecule has 2 rings (SSSR count). The van der Waals surface area contributed by atoms with E-state index in [1.54, 1.807) is 12.1 Å². The van der Waals surface area contributed by atoms with E-state index >= 15 is 0 Å². The monoisotopic (exact) mass is 295 g/mol. The predicted octanol–water partition coefficient (Wildman–Crippen LogP) is 3.07. The van der Waals surface area contributed by atoms with Gasteiger partial charge in [0.05, 0.1) is 6.07 Å². The maximum atomic E-state index is 14.0. The van der Waals surface area contributed by atoms with Crippen molar-refractivity contribution in [2.24, 2.45) is 0 Å². The van der Waals surface area contributed by atoms with Crippen LogP contribution < -0.4 is 0 Å². The molecule has 0 saturated carbocycles. The van der Waals surface area contributed by atoms with Crippen LogP contribution in [-0.2, 0) is 0 Å². The fourth-order valence-corrected chi connectivity index (χ4v) is 2.93. The maximum absolute atomic E-state index is 14.0. The Hall–Kier alpha value is -1.15. The number of rotatable bonds is 4. The second kappa shape index (κ2) is 7.03. The van der Waals surface area contributed by atoms with Crippen molar-refractivity contribution in [3.05, 3.63) is 34.6 Å². The van der Waals surface area contributed by atoms with Crippen LogP contribution in [0.2, 0.25) is 5.02 Å². The average Bonchev–Trinajstić information content (AvgIpc) is 2.45. The fourth-order valence-electron chi connectivity index (χ4n) is 2.66. The summed E-state index contributed by atoms with van der Waals surface area (Å²) in [5.41, 5.74) is 0.306. The van der Waals surface area contributed by atoms with Gasteiger partial charge in [0, 0.05) is 36.8 Å². The van der Waals surface area contributed by atoms with Crippen LogP contribution in [-0.4, -0.2) is 42.5 Å². The first-order chi connectivity index (χ1) is 9.67. The number of benzene rings is 1. The molecule has 1 unspecified atom stereocenters. The minimum Gasteiger partial charge on any atom is -0.301 e. The van der Waals surface area contributed by atoms with Gasteiger partial charge in [-0.2, -0.15) is 5.26 Å². The van der Waals surface area contributed by atoms with Crippen molar-refractivity contribution in [1.29, 1.82) is 5.26 Å². The Kier molecular flexibility index (Phi) is 5.36. The number of piperazine rings is 1. The second-order valence-electron chi connectivity index (χ2n) is 5.04. The summed E-state index contributed by atoms with van der Waals surface area (Å²) in [6.45, 7) is 6.59. The zero-order valence-corrected chi connectivity index (χ0v) is 12.4. The van der Waals surface area contributed by atoms with Crippen LogP contribution in [0.15, 0.2) is 18.2 Å². The lowest BCUT2D eigenvalue weighted by molar-refractivity contribution is 0.113. The average molecular weight is 296 g/mol. The molecule has 0 bridgehead atoms. The predicted molar refractivity (Wildman–Crippen MR) is 78.1 cm³/mol. The molecule has 1 aromatic rings. The summed E-state index contributed by atoms with van der Waals surface area (Å²) >= 11 is 6.07. The Bertz CT molecular complexity index is 472. The molecular weight excluding hydrogens is 277 g/mol. The van der Waals surface area contributed by atoms with E-state index in [-0.39, 0.29) is 0 Å². The van der Waals surface area contributed by atoms with Gasteiger partial charge in [-0.15, -0.1) is 0 Å². The third-order valence-corrected chi connectivity index (χ3v) is 4.04. The molecule has 5 heteroatoms. The standard InChI is InChI=1S/C15H19ClFN3/c1-2-6-19-7-9-20(10-8-19)14(11-18)15-12(16)4-3-5-13(15)17/h3-5,14H,2,6-10H2,1H3. The lowest BCUT2D eigenvalue weighted by atomic mass is 10.0. The van der Waals surface area contributed by atoms with E-state index in [0.29, 0.717) is 10.6 Å². The minimum atomic E-state index is -0.604. The van der Waals surface area contributed by atoms with Gasteiger partial charge < -0.3 is 4.90 Å². The third kappa shape index (κ3) is 3.29. The van der Waals surface area contributed by atoms with E-state index in [1.165, 1.54) is 6.07 Å². The van der Waals surface area contributed by atoms with Crippen molar-refractivity contribution in [2.75, 3.05) is 32.7 Å². The van der Waals surface area contributed by atoms with Crippen LogP contribution in [0.5, 0.6) is 0 Å². The molecule has 0 N–H and O–H groups in total. The zero-order valence-electron chi connectivity index (χ0n) is 11.6. The molecule has 20 heavy (non-hydrogen) atoms. The summed E-state index contributed by atoms with van der Waals surface area (Å²) in [7, 11) is 0. The Morgan fingerprint density at radius 1 is 1.35 bits per heavy atom. The smallest absolute Gasteiger partial charge is 0.130 e. The minimum absolute atomic E-state index is 0.306. The quantitative estimate of drug-likeness (QED) is 0.855. The Morgan fingerprint density at radius 2 is 2.05 bits per heavy atom. The first-order valence-corrected chi connectivity index (χ1v) is 7.35. The lowest BCUT2D eigenvalue weighted by Crippen LogP contribution is -2.47. The van der Waals surface area contributed by atoms with Gasteiger partial charge in [0.1, 0.15) is 11.9 Å². The SMILES string of the molecule is CCCN1CCN(C(C#N)c2c(F)cccc2Cl)CC1. The molecule has 0 spiro atoms. The lowest BCUT2D eigenvalue weighted by Gasteiger charge is -2.37. The molecule has 1 aliphatic rings. The normalized spacial score (nSPS) is 18.7. The largest absolute Gasteiger partial charge is 0.301 e. The summed E-state index contributed by atoms with van der Waals surface area (Å²) in [6.07, 6.45) is 1.13. The molecule has 1 fully saturated rings. The van der Waals surface area contributed by atoms with Gasteiger partial charge in [0.25, 0.3) is 0 Å². The molecule has 1 aliphatic heterocycles. The van der Waals surface area contributed by atoms with Crippen molar-refractivity contribution in [3.63, 3.8) is 0 Å². The van der Waals surface area contributed by atoms with Gasteiger partial charge in [0.15, 0.2) is 0 Å². The molecular formula is C15H19ClFN3. The number of hydrogen-bond acceptors (Lipinski definition) is 3. The highest BCUT2D eigenvalue weighted by atomic mass is 35.5. The van der Waals surface area contributed by atoms with Gasteiger partial charge in [0.2, 0.25) is 0 Å². The highest BCUT2D eigenvalue weighted by Crippen LogP contribution is 2.30. The molecule has 1 heterocycles. The first kappa shape index (κ1) is 15.2. The van der Waals surface area contributed by atoms with Gasteiger partial charge in [-0.1, -0.05) is 24.6 Å². The van der Waals surface area contributed by atoms with E-state index in [1.807, 2.05) is 4.90 Å². The molecule has 1 atom stereocenters. The van der Waals surface area contributed by atoms with Crippen LogP contribution in [0.1, 0.15) is 24.9 Å². The topological polar surface area (TPSA) is 30.3 Å². The summed E-state index contributed by atoms with van der Waals surface area (Å²) in [5.74, 6) is -0.403. The van der Waals surface area contributed by atoms with E-state index in [4.69, 9.17) is 11.6 Å². The second-order valence-corrected chi connectivity index (χ2v) is 5.45. The summed E-state index contributed by atoms with van der Waals surface area (Å²) < 4.78 is 14.0. The van der Waals surface area contributed by atoms with Crippen LogP contribution in [0, 0.1) is 17.1 Å². The van der Waals surface area contributed by atoms with E-state index in [0.717, 1.165) is 39.1 Å². The molecule has 1 aromatic carbocycles. The molecule has 0 amide bonds. The fraction of sp³-hybridized carbons (Fsp3) is 0.533.